The number of nitrogens with zero attached hydrogens (tertiary/aromatic N) is 3. The van der Waals surface area contributed by atoms with Gasteiger partial charge in [-0.05, 0) is 24.6 Å². The zero-order chi connectivity index (χ0) is 18.6. The Labute approximate surface area is 158 Å². The molecule has 0 aliphatic carbocycles. The number of aryl methyl sites for hydroxylation is 1. The van der Waals surface area contributed by atoms with Gasteiger partial charge in [0, 0.05) is 32.0 Å². The smallest absolute Gasteiger partial charge is 0.239 e. The fourth-order valence-electron chi connectivity index (χ4n) is 3.80. The van der Waals surface area contributed by atoms with Crippen molar-refractivity contribution in [3.05, 3.63) is 53.3 Å². The molecule has 7 nitrogen and oxygen atoms in total. The largest absolute Gasteiger partial charge is 0.349 e. The number of amides is 2. The molecule has 2 N–H and O–H groups in total. The van der Waals surface area contributed by atoms with Crippen LogP contribution in [-0.4, -0.2) is 46.1 Å². The summed E-state index contributed by atoms with van der Waals surface area (Å²) in [5.41, 5.74) is 3.16. The molecule has 0 unspecified atom stereocenters. The highest BCUT2D eigenvalue weighted by molar-refractivity contribution is 5.86. The molecule has 0 saturated carbocycles. The first-order valence-corrected chi connectivity index (χ1v) is 9.55. The third-order valence-electron chi connectivity index (χ3n) is 5.23. The van der Waals surface area contributed by atoms with Crippen LogP contribution >= 0.6 is 0 Å². The van der Waals surface area contributed by atoms with E-state index in [1.165, 1.54) is 0 Å². The fourth-order valence-corrected chi connectivity index (χ4v) is 3.80. The number of hydrogen-bond donors (Lipinski definition) is 2. The van der Waals surface area contributed by atoms with Gasteiger partial charge < -0.3 is 15.5 Å². The Bertz CT molecular complexity index is 794. The van der Waals surface area contributed by atoms with Crippen LogP contribution in [0.25, 0.3) is 0 Å². The van der Waals surface area contributed by atoms with Crippen LogP contribution in [-0.2, 0) is 29.2 Å². The maximum atomic E-state index is 12.3. The van der Waals surface area contributed by atoms with Crippen molar-refractivity contribution in [2.24, 2.45) is 0 Å². The third-order valence-corrected chi connectivity index (χ3v) is 5.23. The number of fused-ring (bicyclic) bond motifs is 1. The van der Waals surface area contributed by atoms with E-state index in [0.717, 1.165) is 43.0 Å². The van der Waals surface area contributed by atoms with Gasteiger partial charge in [-0.15, -0.1) is 0 Å². The summed E-state index contributed by atoms with van der Waals surface area (Å²) in [6.07, 6.45) is 1.53. The molecule has 1 fully saturated rings. The van der Waals surface area contributed by atoms with Gasteiger partial charge in [0.2, 0.25) is 11.8 Å². The lowest BCUT2D eigenvalue weighted by molar-refractivity contribution is -0.133. The summed E-state index contributed by atoms with van der Waals surface area (Å²) in [6.45, 7) is 3.81. The van der Waals surface area contributed by atoms with Gasteiger partial charge in [0.05, 0.1) is 24.5 Å². The van der Waals surface area contributed by atoms with E-state index in [1.807, 2.05) is 41.1 Å². The van der Waals surface area contributed by atoms with E-state index in [4.69, 9.17) is 0 Å². The highest BCUT2D eigenvalue weighted by Gasteiger charge is 2.31. The van der Waals surface area contributed by atoms with Gasteiger partial charge in [-0.2, -0.15) is 5.10 Å². The molecule has 0 spiro atoms. The first-order valence-electron chi connectivity index (χ1n) is 9.55. The van der Waals surface area contributed by atoms with Gasteiger partial charge in [0.25, 0.3) is 0 Å². The van der Waals surface area contributed by atoms with Crippen molar-refractivity contribution in [1.29, 1.82) is 0 Å². The van der Waals surface area contributed by atoms with Gasteiger partial charge >= 0.3 is 0 Å². The Morgan fingerprint density at radius 1 is 1.30 bits per heavy atom. The molecule has 2 aromatic rings. The Hall–Kier alpha value is -2.67. The lowest BCUT2D eigenvalue weighted by Gasteiger charge is -2.16. The molecule has 2 aliphatic rings. The lowest BCUT2D eigenvalue weighted by atomic mass is 9.99. The molecule has 7 heteroatoms. The summed E-state index contributed by atoms with van der Waals surface area (Å²) >= 11 is 0. The highest BCUT2D eigenvalue weighted by Crippen LogP contribution is 2.27. The standard InChI is InChI=1S/C20H25N5O2/c26-19(22-11-17-10-18-12-21-7-4-8-25(18)23-17)14-24-13-16(9-20(24)27)15-5-2-1-3-6-15/h1-3,5-6,10,16,21H,4,7-9,11-14H2,(H,22,26)/t16-/m0/s1. The molecule has 1 aromatic carbocycles. The van der Waals surface area contributed by atoms with Crippen LogP contribution in [0.1, 0.15) is 35.7 Å². The highest BCUT2D eigenvalue weighted by atomic mass is 16.2. The van der Waals surface area contributed by atoms with E-state index in [0.29, 0.717) is 19.5 Å². The SMILES string of the molecule is O=C(CN1C[C@@H](c2ccccc2)CC1=O)NCc1cc2n(n1)CCCNC2. The lowest BCUT2D eigenvalue weighted by Crippen LogP contribution is -2.37. The number of aromatic nitrogens is 2. The Balaban J connectivity index is 1.29. The van der Waals surface area contributed by atoms with Crippen molar-refractivity contribution in [2.75, 3.05) is 19.6 Å². The Morgan fingerprint density at radius 2 is 2.15 bits per heavy atom. The molecular weight excluding hydrogens is 342 g/mol. The second-order valence-corrected chi connectivity index (χ2v) is 7.24. The molecule has 1 saturated heterocycles. The summed E-state index contributed by atoms with van der Waals surface area (Å²) in [6, 6.07) is 12.1. The van der Waals surface area contributed by atoms with Crippen LogP contribution in [0.4, 0.5) is 0 Å². The summed E-state index contributed by atoms with van der Waals surface area (Å²) in [4.78, 5) is 26.2. The zero-order valence-electron chi connectivity index (χ0n) is 15.4. The normalized spacial score (nSPS) is 19.6. The van der Waals surface area contributed by atoms with Crippen LogP contribution in [0.2, 0.25) is 0 Å². The monoisotopic (exact) mass is 367 g/mol. The molecule has 2 amide bonds. The average Bonchev–Trinajstić information content (AvgIpc) is 3.17. The van der Waals surface area contributed by atoms with E-state index < -0.39 is 0 Å². The van der Waals surface area contributed by atoms with Crippen molar-refractivity contribution in [3.63, 3.8) is 0 Å². The van der Waals surface area contributed by atoms with E-state index >= 15 is 0 Å². The van der Waals surface area contributed by atoms with E-state index in [2.05, 4.69) is 15.7 Å². The molecular formula is C20H25N5O2. The summed E-state index contributed by atoms with van der Waals surface area (Å²) in [5, 5.41) is 10.8. The molecule has 0 bridgehead atoms. The van der Waals surface area contributed by atoms with Gasteiger partial charge in [-0.3, -0.25) is 14.3 Å². The Kier molecular flexibility index (Phi) is 5.20. The topological polar surface area (TPSA) is 79.3 Å². The van der Waals surface area contributed by atoms with Gasteiger partial charge in [0.15, 0.2) is 0 Å². The maximum Gasteiger partial charge on any atom is 0.239 e. The molecule has 2 aliphatic heterocycles. The predicted octanol–water partition coefficient (Wildman–Crippen LogP) is 1.01. The number of likely N-dealkylation sites (tertiary alicyclic amines) is 1. The molecule has 4 rings (SSSR count). The van der Waals surface area contributed by atoms with E-state index in [-0.39, 0.29) is 24.3 Å². The minimum atomic E-state index is -0.140. The molecule has 0 radical (unpaired) electrons. The van der Waals surface area contributed by atoms with Crippen molar-refractivity contribution in [2.45, 2.75) is 38.4 Å². The predicted molar refractivity (Wildman–Crippen MR) is 101 cm³/mol. The van der Waals surface area contributed by atoms with Crippen molar-refractivity contribution >= 4 is 11.8 Å². The molecule has 3 heterocycles. The van der Waals surface area contributed by atoms with Crippen LogP contribution < -0.4 is 10.6 Å². The quantitative estimate of drug-likeness (QED) is 0.827. The molecule has 142 valence electrons. The fraction of sp³-hybridized carbons (Fsp3) is 0.450. The summed E-state index contributed by atoms with van der Waals surface area (Å²) < 4.78 is 2.01. The third kappa shape index (κ3) is 4.19. The Morgan fingerprint density at radius 3 is 3.00 bits per heavy atom. The van der Waals surface area contributed by atoms with Crippen LogP contribution in [0, 0.1) is 0 Å². The van der Waals surface area contributed by atoms with Crippen LogP contribution in [0.5, 0.6) is 0 Å². The van der Waals surface area contributed by atoms with E-state index in [1.54, 1.807) is 4.90 Å². The number of rotatable bonds is 5. The summed E-state index contributed by atoms with van der Waals surface area (Å²) in [7, 11) is 0. The maximum absolute atomic E-state index is 12.3. The first-order chi connectivity index (χ1) is 13.2. The second-order valence-electron chi connectivity index (χ2n) is 7.24. The number of hydrogen-bond acceptors (Lipinski definition) is 4. The van der Waals surface area contributed by atoms with Crippen LogP contribution in [0.3, 0.4) is 0 Å². The van der Waals surface area contributed by atoms with Crippen LogP contribution in [0.15, 0.2) is 36.4 Å². The van der Waals surface area contributed by atoms with Crippen molar-refractivity contribution in [1.82, 2.24) is 25.3 Å². The number of carbonyl (C=O) groups excluding carboxylic acids is 2. The number of nitrogens with one attached hydrogen (secondary N) is 2. The zero-order valence-corrected chi connectivity index (χ0v) is 15.4. The molecule has 1 aromatic heterocycles. The number of carbonyl (C=O) groups is 2. The van der Waals surface area contributed by atoms with Crippen molar-refractivity contribution < 1.29 is 9.59 Å². The van der Waals surface area contributed by atoms with Gasteiger partial charge in [0.1, 0.15) is 0 Å². The minimum Gasteiger partial charge on any atom is -0.349 e. The van der Waals surface area contributed by atoms with Gasteiger partial charge in [-0.1, -0.05) is 30.3 Å². The molecule has 1 atom stereocenters. The second kappa shape index (κ2) is 7.92. The average molecular weight is 367 g/mol. The van der Waals surface area contributed by atoms with Gasteiger partial charge in [-0.25, -0.2) is 0 Å². The molecule has 27 heavy (non-hydrogen) atoms. The van der Waals surface area contributed by atoms with E-state index in [9.17, 15) is 9.59 Å². The number of benzene rings is 1. The summed E-state index contributed by atoms with van der Waals surface area (Å²) in [5.74, 6) is 0.0694. The minimum absolute atomic E-state index is 0.0405. The first kappa shape index (κ1) is 17.7. The van der Waals surface area contributed by atoms with Crippen molar-refractivity contribution in [3.8, 4) is 0 Å².